The van der Waals surface area contributed by atoms with Gasteiger partial charge >= 0.3 is 0 Å². The predicted molar refractivity (Wildman–Crippen MR) is 79.7 cm³/mol. The number of hydrogen-bond acceptors (Lipinski definition) is 5. The number of fused-ring (bicyclic) bond motifs is 1. The van der Waals surface area contributed by atoms with Gasteiger partial charge in [-0.05, 0) is 30.5 Å². The lowest BCUT2D eigenvalue weighted by Crippen LogP contribution is -2.10. The summed E-state index contributed by atoms with van der Waals surface area (Å²) in [6.45, 7) is 0.629. The Morgan fingerprint density at radius 3 is 2.95 bits per heavy atom. The van der Waals surface area contributed by atoms with Gasteiger partial charge in [0.25, 0.3) is 5.69 Å². The van der Waals surface area contributed by atoms with Crippen LogP contribution < -0.4 is 10.1 Å². The summed E-state index contributed by atoms with van der Waals surface area (Å²) in [4.78, 5) is 15.2. The van der Waals surface area contributed by atoms with Crippen molar-refractivity contribution in [2.45, 2.75) is 12.8 Å². The van der Waals surface area contributed by atoms with E-state index >= 15 is 0 Å². The van der Waals surface area contributed by atoms with Gasteiger partial charge in [-0.25, -0.2) is 4.98 Å². The maximum Gasteiger partial charge on any atom is 0.295 e. The summed E-state index contributed by atoms with van der Waals surface area (Å²) in [5.41, 5.74) is 2.07. The summed E-state index contributed by atoms with van der Waals surface area (Å²) in [5, 5.41) is 14.2. The van der Waals surface area contributed by atoms with Gasteiger partial charge < -0.3 is 10.1 Å². The zero-order chi connectivity index (χ0) is 14.8. The van der Waals surface area contributed by atoms with E-state index in [0.29, 0.717) is 29.4 Å². The maximum absolute atomic E-state index is 11.3. The first-order valence-electron chi connectivity index (χ1n) is 6.79. The smallest absolute Gasteiger partial charge is 0.295 e. The van der Waals surface area contributed by atoms with E-state index in [2.05, 4.69) is 10.3 Å². The summed E-state index contributed by atoms with van der Waals surface area (Å²) in [6, 6.07) is 8.76. The second-order valence-corrected chi connectivity index (χ2v) is 4.82. The van der Waals surface area contributed by atoms with Crippen LogP contribution in [0.1, 0.15) is 12.0 Å². The van der Waals surface area contributed by atoms with Gasteiger partial charge in [0.15, 0.2) is 5.69 Å². The number of para-hydroxylation sites is 1. The van der Waals surface area contributed by atoms with Crippen LogP contribution >= 0.6 is 0 Å². The SMILES string of the molecule is CNc1ccc([N+](=O)[O-])c(-c2cccc3c2OCCC3)n1. The maximum atomic E-state index is 11.3. The number of rotatable bonds is 3. The van der Waals surface area contributed by atoms with Crippen molar-refractivity contribution in [3.8, 4) is 17.0 Å². The molecule has 0 amide bonds. The Hall–Kier alpha value is -2.63. The van der Waals surface area contributed by atoms with Crippen LogP contribution in [-0.4, -0.2) is 23.6 Å². The number of nitrogens with one attached hydrogen (secondary N) is 1. The highest BCUT2D eigenvalue weighted by Crippen LogP contribution is 2.39. The molecule has 1 aliphatic rings. The molecule has 1 N–H and O–H groups in total. The van der Waals surface area contributed by atoms with Gasteiger partial charge in [-0.3, -0.25) is 10.1 Å². The van der Waals surface area contributed by atoms with Crippen molar-refractivity contribution >= 4 is 11.5 Å². The molecule has 0 atom stereocenters. The number of aromatic nitrogens is 1. The first kappa shape index (κ1) is 13.4. The predicted octanol–water partition coefficient (Wildman–Crippen LogP) is 3.02. The fourth-order valence-electron chi connectivity index (χ4n) is 2.51. The molecular formula is C15H15N3O3. The number of nitro groups is 1. The second-order valence-electron chi connectivity index (χ2n) is 4.82. The molecule has 0 spiro atoms. The number of pyridine rings is 1. The first-order valence-corrected chi connectivity index (χ1v) is 6.79. The zero-order valence-electron chi connectivity index (χ0n) is 11.6. The largest absolute Gasteiger partial charge is 0.493 e. The van der Waals surface area contributed by atoms with Gasteiger partial charge in [-0.15, -0.1) is 0 Å². The Bertz CT molecular complexity index is 701. The summed E-state index contributed by atoms with van der Waals surface area (Å²) in [6.07, 6.45) is 1.88. The summed E-state index contributed by atoms with van der Waals surface area (Å²) < 4.78 is 5.73. The van der Waals surface area contributed by atoms with Crippen LogP contribution in [0.5, 0.6) is 5.75 Å². The average molecular weight is 285 g/mol. The van der Waals surface area contributed by atoms with Gasteiger partial charge in [0.1, 0.15) is 11.6 Å². The molecule has 2 heterocycles. The number of hydrogen-bond donors (Lipinski definition) is 1. The molecule has 6 nitrogen and oxygen atoms in total. The molecule has 0 bridgehead atoms. The van der Waals surface area contributed by atoms with Crippen LogP contribution in [0.4, 0.5) is 11.5 Å². The van der Waals surface area contributed by atoms with E-state index in [1.54, 1.807) is 13.1 Å². The van der Waals surface area contributed by atoms with E-state index in [1.165, 1.54) is 6.07 Å². The molecule has 6 heteroatoms. The van der Waals surface area contributed by atoms with Crippen LogP contribution in [0.3, 0.4) is 0 Å². The highest BCUT2D eigenvalue weighted by molar-refractivity contribution is 5.77. The van der Waals surface area contributed by atoms with Crippen molar-refractivity contribution in [3.05, 3.63) is 46.0 Å². The molecule has 0 unspecified atom stereocenters. The van der Waals surface area contributed by atoms with E-state index in [-0.39, 0.29) is 5.69 Å². The molecule has 21 heavy (non-hydrogen) atoms. The zero-order valence-corrected chi connectivity index (χ0v) is 11.6. The average Bonchev–Trinajstić information content (AvgIpc) is 2.53. The quantitative estimate of drug-likeness (QED) is 0.692. The van der Waals surface area contributed by atoms with Crippen molar-refractivity contribution in [2.24, 2.45) is 0 Å². The third kappa shape index (κ3) is 2.40. The normalized spacial score (nSPS) is 13.2. The molecule has 0 aliphatic carbocycles. The molecule has 0 saturated heterocycles. The van der Waals surface area contributed by atoms with Gasteiger partial charge in [0.05, 0.1) is 11.5 Å². The molecule has 1 aromatic heterocycles. The second kappa shape index (κ2) is 5.40. The number of benzene rings is 1. The van der Waals surface area contributed by atoms with E-state index in [0.717, 1.165) is 18.4 Å². The molecule has 108 valence electrons. The number of nitrogens with zero attached hydrogens (tertiary/aromatic N) is 2. The summed E-state index contributed by atoms with van der Waals surface area (Å²) >= 11 is 0. The van der Waals surface area contributed by atoms with Gasteiger partial charge in [0.2, 0.25) is 0 Å². The summed E-state index contributed by atoms with van der Waals surface area (Å²) in [5.74, 6) is 1.30. The molecule has 0 fully saturated rings. The van der Waals surface area contributed by atoms with E-state index in [4.69, 9.17) is 4.74 Å². The van der Waals surface area contributed by atoms with E-state index < -0.39 is 4.92 Å². The minimum absolute atomic E-state index is 0.0171. The Kier molecular flexibility index (Phi) is 3.43. The van der Waals surface area contributed by atoms with Crippen LogP contribution in [-0.2, 0) is 6.42 Å². The number of aryl methyl sites for hydroxylation is 1. The van der Waals surface area contributed by atoms with Gasteiger partial charge in [0, 0.05) is 18.7 Å². The van der Waals surface area contributed by atoms with Crippen molar-refractivity contribution in [2.75, 3.05) is 19.0 Å². The van der Waals surface area contributed by atoms with Crippen molar-refractivity contribution in [1.29, 1.82) is 0 Å². The van der Waals surface area contributed by atoms with Crippen LogP contribution in [0.25, 0.3) is 11.3 Å². The lowest BCUT2D eigenvalue weighted by atomic mass is 9.99. The van der Waals surface area contributed by atoms with E-state index in [1.807, 2.05) is 18.2 Å². The van der Waals surface area contributed by atoms with Crippen LogP contribution in [0, 0.1) is 10.1 Å². The van der Waals surface area contributed by atoms with E-state index in [9.17, 15) is 10.1 Å². The fraction of sp³-hybridized carbons (Fsp3) is 0.267. The topological polar surface area (TPSA) is 77.3 Å². The Balaban J connectivity index is 2.22. The number of anilines is 1. The van der Waals surface area contributed by atoms with Gasteiger partial charge in [-0.1, -0.05) is 12.1 Å². The Morgan fingerprint density at radius 1 is 1.33 bits per heavy atom. The third-order valence-electron chi connectivity index (χ3n) is 3.52. The minimum Gasteiger partial charge on any atom is -0.493 e. The highest BCUT2D eigenvalue weighted by Gasteiger charge is 2.23. The number of ether oxygens (including phenoxy) is 1. The van der Waals surface area contributed by atoms with Gasteiger partial charge in [-0.2, -0.15) is 0 Å². The Labute approximate surface area is 121 Å². The molecule has 1 aliphatic heterocycles. The minimum atomic E-state index is -0.413. The van der Waals surface area contributed by atoms with Crippen molar-refractivity contribution in [1.82, 2.24) is 4.98 Å². The molecule has 0 radical (unpaired) electrons. The molecular weight excluding hydrogens is 270 g/mol. The highest BCUT2D eigenvalue weighted by atomic mass is 16.6. The van der Waals surface area contributed by atoms with Crippen LogP contribution in [0.2, 0.25) is 0 Å². The third-order valence-corrected chi connectivity index (χ3v) is 3.52. The Morgan fingerprint density at radius 2 is 2.19 bits per heavy atom. The standard InChI is InChI=1S/C15H15N3O3/c1-16-13-8-7-12(18(19)20)14(17-13)11-6-2-4-10-5-3-9-21-15(10)11/h2,4,6-8H,3,5,9H2,1H3,(H,16,17). The monoisotopic (exact) mass is 285 g/mol. The molecule has 0 saturated carbocycles. The van der Waals surface area contributed by atoms with Crippen molar-refractivity contribution in [3.63, 3.8) is 0 Å². The fourth-order valence-corrected chi connectivity index (χ4v) is 2.51. The molecule has 2 aromatic rings. The summed E-state index contributed by atoms with van der Waals surface area (Å²) in [7, 11) is 1.73. The lowest BCUT2D eigenvalue weighted by Gasteiger charge is -2.20. The first-order chi connectivity index (χ1) is 10.2. The van der Waals surface area contributed by atoms with Crippen LogP contribution in [0.15, 0.2) is 30.3 Å². The molecule has 1 aromatic carbocycles. The lowest BCUT2D eigenvalue weighted by molar-refractivity contribution is -0.384. The molecule has 3 rings (SSSR count). The van der Waals surface area contributed by atoms with Crippen molar-refractivity contribution < 1.29 is 9.66 Å².